The first-order valence-electron chi connectivity index (χ1n) is 6.89. The Hall–Kier alpha value is -1.24. The molecule has 1 aromatic carbocycles. The summed E-state index contributed by atoms with van der Waals surface area (Å²) in [5.74, 6) is -0.529. The van der Waals surface area contributed by atoms with Crippen LogP contribution in [0.2, 0.25) is 0 Å². The van der Waals surface area contributed by atoms with Crippen molar-refractivity contribution in [3.63, 3.8) is 0 Å². The standard InChI is InChI=1S/C14H16ClF2N3O/c15-9-13-18-14-11(17)7-10(16)8-12(14)20(13)2-1-19-3-5-21-6-4-19/h7-8H,1-6,9H2. The second-order valence-corrected chi connectivity index (χ2v) is 5.29. The van der Waals surface area contributed by atoms with Crippen molar-refractivity contribution in [1.29, 1.82) is 0 Å². The lowest BCUT2D eigenvalue weighted by Gasteiger charge is -2.26. The van der Waals surface area contributed by atoms with Crippen molar-refractivity contribution >= 4 is 22.6 Å². The molecule has 7 heteroatoms. The van der Waals surface area contributed by atoms with E-state index in [-0.39, 0.29) is 11.4 Å². The van der Waals surface area contributed by atoms with Crippen LogP contribution in [0.1, 0.15) is 5.82 Å². The van der Waals surface area contributed by atoms with Gasteiger partial charge in [-0.25, -0.2) is 13.8 Å². The molecule has 0 amide bonds. The fourth-order valence-electron chi connectivity index (χ4n) is 2.62. The van der Waals surface area contributed by atoms with E-state index in [9.17, 15) is 8.78 Å². The van der Waals surface area contributed by atoms with Crippen molar-refractivity contribution in [1.82, 2.24) is 14.5 Å². The van der Waals surface area contributed by atoms with Crippen LogP contribution in [0, 0.1) is 11.6 Å². The van der Waals surface area contributed by atoms with Crippen LogP contribution in [0.25, 0.3) is 11.0 Å². The number of hydrogen-bond donors (Lipinski definition) is 0. The Kier molecular flexibility index (Phi) is 4.37. The third-order valence-electron chi connectivity index (χ3n) is 3.71. The Bertz CT molecular complexity index is 641. The molecule has 21 heavy (non-hydrogen) atoms. The van der Waals surface area contributed by atoms with E-state index in [1.54, 1.807) is 4.57 Å². The van der Waals surface area contributed by atoms with Gasteiger partial charge in [-0.2, -0.15) is 0 Å². The molecule has 0 atom stereocenters. The van der Waals surface area contributed by atoms with Gasteiger partial charge in [0, 0.05) is 32.2 Å². The number of halogens is 3. The van der Waals surface area contributed by atoms with Gasteiger partial charge >= 0.3 is 0 Å². The number of imidazole rings is 1. The molecule has 2 aromatic rings. The summed E-state index contributed by atoms with van der Waals surface area (Å²) < 4.78 is 34.3. The molecule has 0 spiro atoms. The molecule has 1 saturated heterocycles. The molecule has 1 fully saturated rings. The maximum atomic E-state index is 13.8. The lowest BCUT2D eigenvalue weighted by molar-refractivity contribution is 0.0364. The van der Waals surface area contributed by atoms with Gasteiger partial charge in [-0.05, 0) is 6.07 Å². The van der Waals surface area contributed by atoms with E-state index in [0.29, 0.717) is 17.9 Å². The zero-order valence-electron chi connectivity index (χ0n) is 11.5. The minimum Gasteiger partial charge on any atom is -0.379 e. The number of aromatic nitrogens is 2. The first kappa shape index (κ1) is 14.7. The highest BCUT2D eigenvalue weighted by Gasteiger charge is 2.16. The lowest BCUT2D eigenvalue weighted by Crippen LogP contribution is -2.38. The summed E-state index contributed by atoms with van der Waals surface area (Å²) in [6, 6.07) is 2.15. The first-order chi connectivity index (χ1) is 10.2. The van der Waals surface area contributed by atoms with Gasteiger partial charge in [-0.1, -0.05) is 0 Å². The normalized spacial score (nSPS) is 16.7. The highest BCUT2D eigenvalue weighted by atomic mass is 35.5. The van der Waals surface area contributed by atoms with Crippen molar-refractivity contribution in [2.24, 2.45) is 0 Å². The number of ether oxygens (including phenoxy) is 1. The number of morpholine rings is 1. The summed E-state index contributed by atoms with van der Waals surface area (Å²) in [5.41, 5.74) is 0.630. The lowest BCUT2D eigenvalue weighted by atomic mass is 10.3. The van der Waals surface area contributed by atoms with Crippen LogP contribution >= 0.6 is 11.6 Å². The van der Waals surface area contributed by atoms with Crippen molar-refractivity contribution in [2.45, 2.75) is 12.4 Å². The average Bonchev–Trinajstić information content (AvgIpc) is 2.84. The zero-order valence-corrected chi connectivity index (χ0v) is 12.2. The Balaban J connectivity index is 1.88. The van der Waals surface area contributed by atoms with Crippen molar-refractivity contribution in [3.8, 4) is 0 Å². The smallest absolute Gasteiger partial charge is 0.153 e. The van der Waals surface area contributed by atoms with E-state index in [1.165, 1.54) is 6.07 Å². The molecule has 0 unspecified atom stereocenters. The quantitative estimate of drug-likeness (QED) is 0.812. The summed E-state index contributed by atoms with van der Waals surface area (Å²) in [4.78, 5) is 6.43. The fourth-order valence-corrected chi connectivity index (χ4v) is 2.82. The van der Waals surface area contributed by atoms with Gasteiger partial charge in [0.2, 0.25) is 0 Å². The van der Waals surface area contributed by atoms with E-state index in [1.807, 2.05) is 0 Å². The number of fused-ring (bicyclic) bond motifs is 1. The number of nitrogens with zero attached hydrogens (tertiary/aromatic N) is 3. The van der Waals surface area contributed by atoms with E-state index in [2.05, 4.69) is 9.88 Å². The van der Waals surface area contributed by atoms with Gasteiger partial charge in [0.25, 0.3) is 0 Å². The maximum absolute atomic E-state index is 13.8. The third-order valence-corrected chi connectivity index (χ3v) is 3.95. The zero-order chi connectivity index (χ0) is 14.8. The summed E-state index contributed by atoms with van der Waals surface area (Å²) in [6.07, 6.45) is 0. The molecular weight excluding hydrogens is 300 g/mol. The topological polar surface area (TPSA) is 30.3 Å². The molecule has 0 aliphatic carbocycles. The Morgan fingerprint density at radius 1 is 1.19 bits per heavy atom. The summed E-state index contributed by atoms with van der Waals surface area (Å²) in [7, 11) is 0. The molecule has 0 N–H and O–H groups in total. The van der Waals surface area contributed by atoms with Crippen LogP contribution in [0.3, 0.4) is 0 Å². The number of alkyl halides is 1. The van der Waals surface area contributed by atoms with Crippen LogP contribution in [0.5, 0.6) is 0 Å². The number of hydrogen-bond acceptors (Lipinski definition) is 3. The van der Waals surface area contributed by atoms with E-state index in [0.717, 1.165) is 38.9 Å². The number of rotatable bonds is 4. The molecule has 114 valence electrons. The molecule has 1 aromatic heterocycles. The molecule has 2 heterocycles. The Labute approximate surface area is 126 Å². The van der Waals surface area contributed by atoms with E-state index in [4.69, 9.17) is 16.3 Å². The minimum atomic E-state index is -0.651. The van der Waals surface area contributed by atoms with Crippen LogP contribution in [0.15, 0.2) is 12.1 Å². The molecule has 0 radical (unpaired) electrons. The Morgan fingerprint density at radius 3 is 2.67 bits per heavy atom. The molecule has 4 nitrogen and oxygen atoms in total. The minimum absolute atomic E-state index is 0.166. The molecule has 3 rings (SSSR count). The highest BCUT2D eigenvalue weighted by molar-refractivity contribution is 6.16. The predicted molar refractivity (Wildman–Crippen MR) is 76.5 cm³/mol. The molecule has 1 aliphatic rings. The molecule has 1 aliphatic heterocycles. The van der Waals surface area contributed by atoms with Crippen molar-refractivity contribution < 1.29 is 13.5 Å². The fraction of sp³-hybridized carbons (Fsp3) is 0.500. The summed E-state index contributed by atoms with van der Waals surface area (Å²) in [6.45, 7) is 4.54. The largest absolute Gasteiger partial charge is 0.379 e. The van der Waals surface area contributed by atoms with Gasteiger partial charge in [-0.3, -0.25) is 4.90 Å². The molecular formula is C14H16ClF2N3O. The SMILES string of the molecule is Fc1cc(F)c2nc(CCl)n(CCN3CCOCC3)c2c1. The van der Waals surface area contributed by atoms with Gasteiger partial charge < -0.3 is 9.30 Å². The van der Waals surface area contributed by atoms with Crippen molar-refractivity contribution in [3.05, 3.63) is 29.6 Å². The number of benzene rings is 1. The van der Waals surface area contributed by atoms with Crippen LogP contribution in [0.4, 0.5) is 8.78 Å². The molecule has 0 bridgehead atoms. The van der Waals surface area contributed by atoms with E-state index >= 15 is 0 Å². The average molecular weight is 316 g/mol. The van der Waals surface area contributed by atoms with Crippen LogP contribution in [-0.4, -0.2) is 47.3 Å². The monoisotopic (exact) mass is 315 g/mol. The van der Waals surface area contributed by atoms with Gasteiger partial charge in [0.1, 0.15) is 17.2 Å². The van der Waals surface area contributed by atoms with Crippen LogP contribution < -0.4 is 0 Å². The summed E-state index contributed by atoms with van der Waals surface area (Å²) in [5, 5.41) is 0. The third kappa shape index (κ3) is 3.02. The van der Waals surface area contributed by atoms with Gasteiger partial charge in [0.05, 0.1) is 24.6 Å². The van der Waals surface area contributed by atoms with Crippen LogP contribution in [-0.2, 0) is 17.2 Å². The summed E-state index contributed by atoms with van der Waals surface area (Å²) >= 11 is 5.88. The highest BCUT2D eigenvalue weighted by Crippen LogP contribution is 2.22. The second kappa shape index (κ2) is 6.25. The second-order valence-electron chi connectivity index (χ2n) is 5.02. The van der Waals surface area contributed by atoms with E-state index < -0.39 is 11.6 Å². The first-order valence-corrected chi connectivity index (χ1v) is 7.42. The van der Waals surface area contributed by atoms with Gasteiger partial charge in [0.15, 0.2) is 5.82 Å². The predicted octanol–water partition coefficient (Wildman–Crippen LogP) is 2.39. The van der Waals surface area contributed by atoms with Crippen molar-refractivity contribution in [2.75, 3.05) is 32.8 Å². The Morgan fingerprint density at radius 2 is 1.95 bits per heavy atom. The molecule has 0 saturated carbocycles. The maximum Gasteiger partial charge on any atom is 0.153 e. The van der Waals surface area contributed by atoms with Gasteiger partial charge in [-0.15, -0.1) is 11.6 Å².